The van der Waals surface area contributed by atoms with E-state index in [1.807, 2.05) is 0 Å². The van der Waals surface area contributed by atoms with E-state index in [-0.39, 0.29) is 12.1 Å². The van der Waals surface area contributed by atoms with Crippen molar-refractivity contribution in [3.8, 4) is 0 Å². The van der Waals surface area contributed by atoms with Crippen LogP contribution in [0.5, 0.6) is 0 Å². The molecule has 18 heavy (non-hydrogen) atoms. The van der Waals surface area contributed by atoms with Crippen molar-refractivity contribution in [3.63, 3.8) is 0 Å². The van der Waals surface area contributed by atoms with Gasteiger partial charge in [-0.2, -0.15) is 0 Å². The monoisotopic (exact) mass is 254 g/mol. The van der Waals surface area contributed by atoms with Crippen molar-refractivity contribution in [1.82, 2.24) is 10.6 Å². The lowest BCUT2D eigenvalue weighted by Crippen LogP contribution is -2.54. The smallest absolute Gasteiger partial charge is 0.337 e. The lowest BCUT2D eigenvalue weighted by Gasteiger charge is -2.31. The standard InChI is InChI=1S/C12H18N2O4/c1-3-17-11(15)9-7(2)13-12(16)14-10(9)8-5-4-6-18-8/h8,10H,3-6H2,1-2H3,(H2,13,14,16). The average molecular weight is 254 g/mol. The summed E-state index contributed by atoms with van der Waals surface area (Å²) in [6, 6.07) is -0.721. The fourth-order valence-corrected chi connectivity index (χ4v) is 2.35. The van der Waals surface area contributed by atoms with E-state index >= 15 is 0 Å². The van der Waals surface area contributed by atoms with Gasteiger partial charge in [0, 0.05) is 12.3 Å². The van der Waals surface area contributed by atoms with Gasteiger partial charge in [-0.1, -0.05) is 0 Å². The fourth-order valence-electron chi connectivity index (χ4n) is 2.35. The Hall–Kier alpha value is -1.56. The minimum atomic E-state index is -0.416. The quantitative estimate of drug-likeness (QED) is 0.726. The molecule has 1 fully saturated rings. The maximum absolute atomic E-state index is 12.0. The summed E-state index contributed by atoms with van der Waals surface area (Å²) in [7, 11) is 0. The summed E-state index contributed by atoms with van der Waals surface area (Å²) in [6.07, 6.45) is 1.63. The lowest BCUT2D eigenvalue weighted by molar-refractivity contribution is -0.139. The third kappa shape index (κ3) is 2.48. The van der Waals surface area contributed by atoms with Crippen LogP contribution in [-0.2, 0) is 14.3 Å². The minimum absolute atomic E-state index is 0.148. The van der Waals surface area contributed by atoms with Gasteiger partial charge in [0.2, 0.25) is 0 Å². The molecule has 0 aromatic rings. The molecule has 2 heterocycles. The predicted octanol–water partition coefficient (Wildman–Crippen LogP) is 0.684. The molecular weight excluding hydrogens is 236 g/mol. The number of carbonyl (C=O) groups is 2. The van der Waals surface area contributed by atoms with Crippen molar-refractivity contribution < 1.29 is 19.1 Å². The first-order valence-corrected chi connectivity index (χ1v) is 6.20. The molecule has 2 rings (SSSR count). The Kier molecular flexibility index (Phi) is 3.86. The first-order chi connectivity index (χ1) is 8.63. The Balaban J connectivity index is 2.25. The zero-order valence-electron chi connectivity index (χ0n) is 10.6. The summed E-state index contributed by atoms with van der Waals surface area (Å²) >= 11 is 0. The maximum atomic E-state index is 12.0. The second kappa shape index (κ2) is 5.39. The minimum Gasteiger partial charge on any atom is -0.463 e. The molecular formula is C12H18N2O4. The molecule has 1 saturated heterocycles. The molecule has 0 saturated carbocycles. The average Bonchev–Trinajstić information content (AvgIpc) is 2.81. The molecule has 2 aliphatic heterocycles. The molecule has 0 bridgehead atoms. The fraction of sp³-hybridized carbons (Fsp3) is 0.667. The zero-order valence-corrected chi connectivity index (χ0v) is 10.6. The van der Waals surface area contributed by atoms with E-state index in [0.717, 1.165) is 12.8 Å². The topological polar surface area (TPSA) is 76.7 Å². The number of nitrogens with one attached hydrogen (secondary N) is 2. The van der Waals surface area contributed by atoms with Gasteiger partial charge in [0.25, 0.3) is 0 Å². The SMILES string of the molecule is CCOC(=O)C1=C(C)NC(=O)NC1C1CCCO1. The number of esters is 1. The number of hydrogen-bond acceptors (Lipinski definition) is 4. The van der Waals surface area contributed by atoms with Crippen molar-refractivity contribution in [2.75, 3.05) is 13.2 Å². The number of hydrogen-bond donors (Lipinski definition) is 2. The molecule has 0 spiro atoms. The third-order valence-electron chi connectivity index (χ3n) is 3.13. The van der Waals surface area contributed by atoms with E-state index < -0.39 is 12.0 Å². The van der Waals surface area contributed by atoms with Gasteiger partial charge >= 0.3 is 12.0 Å². The molecule has 6 nitrogen and oxygen atoms in total. The molecule has 6 heteroatoms. The van der Waals surface area contributed by atoms with Gasteiger partial charge < -0.3 is 20.1 Å². The van der Waals surface area contributed by atoms with Gasteiger partial charge in [0.1, 0.15) is 0 Å². The van der Waals surface area contributed by atoms with Crippen LogP contribution < -0.4 is 10.6 Å². The number of amides is 2. The van der Waals surface area contributed by atoms with E-state index in [0.29, 0.717) is 24.5 Å². The zero-order chi connectivity index (χ0) is 13.1. The summed E-state index contributed by atoms with van der Waals surface area (Å²) in [6.45, 7) is 4.43. The second-order valence-corrected chi connectivity index (χ2v) is 4.39. The number of rotatable bonds is 3. The van der Waals surface area contributed by atoms with E-state index in [1.165, 1.54) is 0 Å². The highest BCUT2D eigenvalue weighted by atomic mass is 16.5. The van der Waals surface area contributed by atoms with Gasteiger partial charge in [-0.25, -0.2) is 9.59 Å². The largest absolute Gasteiger partial charge is 0.463 e. The molecule has 0 radical (unpaired) electrons. The summed E-state index contributed by atoms with van der Waals surface area (Å²) in [5, 5.41) is 5.34. The summed E-state index contributed by atoms with van der Waals surface area (Å²) in [5.74, 6) is -0.400. The lowest BCUT2D eigenvalue weighted by atomic mass is 9.96. The molecule has 2 amide bonds. The maximum Gasteiger partial charge on any atom is 0.337 e. The summed E-state index contributed by atoms with van der Waals surface area (Å²) in [4.78, 5) is 23.5. The van der Waals surface area contributed by atoms with Crippen LogP contribution >= 0.6 is 0 Å². The number of urea groups is 1. The first-order valence-electron chi connectivity index (χ1n) is 6.20. The van der Waals surface area contributed by atoms with Crippen LogP contribution in [0.25, 0.3) is 0 Å². The van der Waals surface area contributed by atoms with Crippen molar-refractivity contribution in [2.45, 2.75) is 38.8 Å². The molecule has 0 aliphatic carbocycles. The second-order valence-electron chi connectivity index (χ2n) is 4.39. The number of carbonyl (C=O) groups excluding carboxylic acids is 2. The molecule has 2 atom stereocenters. The summed E-state index contributed by atoms with van der Waals surface area (Å²) in [5.41, 5.74) is 1.00. The van der Waals surface area contributed by atoms with Gasteiger partial charge in [-0.05, 0) is 26.7 Å². The third-order valence-corrected chi connectivity index (χ3v) is 3.13. The predicted molar refractivity (Wildman–Crippen MR) is 63.8 cm³/mol. The Bertz CT molecular complexity index is 386. The first kappa shape index (κ1) is 12.9. The van der Waals surface area contributed by atoms with Crippen LogP contribution in [0.4, 0.5) is 4.79 Å². The Morgan fingerprint density at radius 2 is 2.33 bits per heavy atom. The van der Waals surface area contributed by atoms with Gasteiger partial charge in [-0.15, -0.1) is 0 Å². The van der Waals surface area contributed by atoms with Crippen LogP contribution in [0.1, 0.15) is 26.7 Å². The van der Waals surface area contributed by atoms with Crippen molar-refractivity contribution >= 4 is 12.0 Å². The molecule has 2 unspecified atom stereocenters. The van der Waals surface area contributed by atoms with Crippen LogP contribution in [0.3, 0.4) is 0 Å². The molecule has 2 aliphatic rings. The Morgan fingerprint density at radius 3 is 2.94 bits per heavy atom. The number of allylic oxidation sites excluding steroid dienone is 1. The highest BCUT2D eigenvalue weighted by Crippen LogP contribution is 2.24. The Labute approximate surface area is 106 Å². The van der Waals surface area contributed by atoms with E-state index in [4.69, 9.17) is 9.47 Å². The highest BCUT2D eigenvalue weighted by Gasteiger charge is 2.38. The van der Waals surface area contributed by atoms with Crippen LogP contribution in [0, 0.1) is 0 Å². The molecule has 100 valence electrons. The highest BCUT2D eigenvalue weighted by molar-refractivity contribution is 5.94. The van der Waals surface area contributed by atoms with Crippen molar-refractivity contribution in [3.05, 3.63) is 11.3 Å². The van der Waals surface area contributed by atoms with E-state index in [1.54, 1.807) is 13.8 Å². The van der Waals surface area contributed by atoms with Gasteiger partial charge in [0.05, 0.1) is 24.3 Å². The van der Waals surface area contributed by atoms with E-state index in [2.05, 4.69) is 10.6 Å². The molecule has 0 aromatic heterocycles. The van der Waals surface area contributed by atoms with Crippen molar-refractivity contribution in [2.24, 2.45) is 0 Å². The summed E-state index contributed by atoms with van der Waals surface area (Å²) < 4.78 is 10.6. The van der Waals surface area contributed by atoms with Gasteiger partial charge in [-0.3, -0.25) is 0 Å². The normalized spacial score (nSPS) is 27.8. The number of ether oxygens (including phenoxy) is 2. The molecule has 2 N–H and O–H groups in total. The van der Waals surface area contributed by atoms with Crippen LogP contribution in [-0.4, -0.2) is 37.4 Å². The van der Waals surface area contributed by atoms with Crippen LogP contribution in [0.2, 0.25) is 0 Å². The van der Waals surface area contributed by atoms with Gasteiger partial charge in [0.15, 0.2) is 0 Å². The molecule has 0 aromatic carbocycles. The van der Waals surface area contributed by atoms with Crippen molar-refractivity contribution in [1.29, 1.82) is 0 Å². The Morgan fingerprint density at radius 1 is 1.56 bits per heavy atom. The van der Waals surface area contributed by atoms with E-state index in [9.17, 15) is 9.59 Å². The van der Waals surface area contributed by atoms with Crippen LogP contribution in [0.15, 0.2) is 11.3 Å².